The molecule has 9 amide bonds. The molecule has 3 heterocycles. The van der Waals surface area contributed by atoms with Crippen molar-refractivity contribution in [3.8, 4) is 5.75 Å². The summed E-state index contributed by atoms with van der Waals surface area (Å²) in [6, 6.07) is 5.55. The minimum atomic E-state index is -1.62. The second-order valence-corrected chi connectivity index (χ2v) is 23.1. The van der Waals surface area contributed by atoms with Gasteiger partial charge in [-0.15, -0.1) is 0 Å². The van der Waals surface area contributed by atoms with E-state index in [2.05, 4.69) is 52.2 Å². The van der Waals surface area contributed by atoms with Gasteiger partial charge in [0.25, 0.3) is 0 Å². The summed E-state index contributed by atoms with van der Waals surface area (Å²) in [6.45, 7) is 5.21. The number of amides is 9. The molecule has 5 rings (SSSR count). The number of carbonyl (C=O) groups is 10. The van der Waals surface area contributed by atoms with Crippen LogP contribution in [0, 0.1) is 5.92 Å². The van der Waals surface area contributed by atoms with Crippen molar-refractivity contribution in [1.82, 2.24) is 57.0 Å². The number of hydrogen-bond donors (Lipinski definition) is 14. The fraction of sp³-hybridized carbons (Fsp3) is 0.574. The van der Waals surface area contributed by atoms with Gasteiger partial charge in [0.2, 0.25) is 53.2 Å². The molecule has 2 saturated heterocycles. The molecule has 2 aliphatic heterocycles. The highest BCUT2D eigenvalue weighted by molar-refractivity contribution is 5.98. The lowest BCUT2D eigenvalue weighted by Crippen LogP contribution is -2.60. The SMILES string of the molecule is CCCC[C@H](NC(=O)[C@@H]1CCCN1C(=O)CNC(=O)[C@H](CCCCN)NC(=O)[C@H](Cc1cnc[nH]1)NC(=O)[C@H](CO)NC(=O)[C@H](CC(C)C)NC(=O)[C@@H](N)CCCN=C(N)N)C(=O)N1CCC[C@H]1C(=O)N[C@@H](Cc1ccc(OCc2ccccc2)cc1)C(=O)O. The highest BCUT2D eigenvalue weighted by Gasteiger charge is 2.42. The molecule has 494 valence electrons. The Kier molecular flexibility index (Phi) is 29.9. The third-order valence-electron chi connectivity index (χ3n) is 15.5. The van der Waals surface area contributed by atoms with Gasteiger partial charge in [0.15, 0.2) is 5.96 Å². The van der Waals surface area contributed by atoms with Gasteiger partial charge in [-0.1, -0.05) is 76.1 Å². The number of carboxylic acids is 1. The molecule has 18 N–H and O–H groups in total. The van der Waals surface area contributed by atoms with Crippen molar-refractivity contribution in [3.05, 3.63) is 83.9 Å². The highest BCUT2D eigenvalue weighted by Crippen LogP contribution is 2.23. The molecule has 90 heavy (non-hydrogen) atoms. The molecular formula is C61H92N16O13. The number of carbonyl (C=O) groups excluding carboxylic acids is 9. The van der Waals surface area contributed by atoms with E-state index in [1.165, 1.54) is 22.3 Å². The van der Waals surface area contributed by atoms with Crippen LogP contribution in [0.1, 0.15) is 121 Å². The lowest BCUT2D eigenvalue weighted by Gasteiger charge is -2.31. The van der Waals surface area contributed by atoms with E-state index in [4.69, 9.17) is 27.7 Å². The molecule has 2 fully saturated rings. The van der Waals surface area contributed by atoms with Crippen molar-refractivity contribution in [2.75, 3.05) is 39.3 Å². The molecular weight excluding hydrogens is 1160 g/mol. The number of nitrogens with one attached hydrogen (secondary N) is 8. The van der Waals surface area contributed by atoms with E-state index in [1.807, 2.05) is 51.1 Å². The Labute approximate surface area is 524 Å². The number of rotatable bonds is 38. The largest absolute Gasteiger partial charge is 0.489 e. The zero-order chi connectivity index (χ0) is 65.7. The number of aromatic amines is 1. The van der Waals surface area contributed by atoms with Crippen molar-refractivity contribution < 1.29 is 62.9 Å². The number of hydrogen-bond acceptors (Lipinski definition) is 16. The van der Waals surface area contributed by atoms with Crippen LogP contribution in [0.15, 0.2) is 72.1 Å². The maximum Gasteiger partial charge on any atom is 0.326 e. The van der Waals surface area contributed by atoms with E-state index in [1.54, 1.807) is 24.3 Å². The van der Waals surface area contributed by atoms with Gasteiger partial charge in [-0.3, -0.25) is 48.1 Å². The van der Waals surface area contributed by atoms with Crippen molar-refractivity contribution in [2.24, 2.45) is 33.8 Å². The van der Waals surface area contributed by atoms with Gasteiger partial charge in [0.1, 0.15) is 60.7 Å². The van der Waals surface area contributed by atoms with Gasteiger partial charge in [-0.05, 0) is 106 Å². The van der Waals surface area contributed by atoms with E-state index in [0.29, 0.717) is 68.6 Å². The summed E-state index contributed by atoms with van der Waals surface area (Å²) in [7, 11) is 0. The normalized spacial score (nSPS) is 16.9. The fourth-order valence-corrected chi connectivity index (χ4v) is 10.6. The first-order chi connectivity index (χ1) is 43.1. The summed E-state index contributed by atoms with van der Waals surface area (Å²) in [5.74, 6) is -7.36. The number of guanidine groups is 1. The molecule has 29 heteroatoms. The smallest absolute Gasteiger partial charge is 0.326 e. The van der Waals surface area contributed by atoms with E-state index >= 15 is 0 Å². The minimum absolute atomic E-state index is 0.0373. The number of likely N-dealkylation sites (tertiary alicyclic amines) is 2. The van der Waals surface area contributed by atoms with E-state index in [9.17, 15) is 58.2 Å². The summed E-state index contributed by atoms with van der Waals surface area (Å²) in [5.41, 5.74) is 24.6. The third kappa shape index (κ3) is 23.3. The minimum Gasteiger partial charge on any atom is -0.489 e. The Bertz CT molecular complexity index is 2860. The zero-order valence-corrected chi connectivity index (χ0v) is 51.7. The zero-order valence-electron chi connectivity index (χ0n) is 51.7. The number of aromatic nitrogens is 2. The molecule has 3 aromatic rings. The molecule has 0 aliphatic carbocycles. The fourth-order valence-electron chi connectivity index (χ4n) is 10.6. The van der Waals surface area contributed by atoms with Crippen LogP contribution >= 0.6 is 0 Å². The van der Waals surface area contributed by atoms with Crippen LogP contribution in [0.2, 0.25) is 0 Å². The molecule has 29 nitrogen and oxygen atoms in total. The van der Waals surface area contributed by atoms with E-state index in [0.717, 1.165) is 5.56 Å². The number of aliphatic hydroxyl groups excluding tert-OH is 1. The van der Waals surface area contributed by atoms with Crippen molar-refractivity contribution >= 4 is 65.1 Å². The average Bonchev–Trinajstić information content (AvgIpc) is 1.92. The summed E-state index contributed by atoms with van der Waals surface area (Å²) in [6.07, 6.45) is 6.89. The quantitative estimate of drug-likeness (QED) is 0.0178. The van der Waals surface area contributed by atoms with Gasteiger partial charge < -0.3 is 89.9 Å². The molecule has 9 atom stereocenters. The first-order valence-electron chi connectivity index (χ1n) is 30.9. The van der Waals surface area contributed by atoms with Crippen molar-refractivity contribution in [2.45, 2.75) is 178 Å². The number of ether oxygens (including phenoxy) is 1. The topological polar surface area (TPSA) is 456 Å². The lowest BCUT2D eigenvalue weighted by atomic mass is 10.0. The molecule has 0 unspecified atom stereocenters. The third-order valence-corrected chi connectivity index (χ3v) is 15.5. The number of benzene rings is 2. The summed E-state index contributed by atoms with van der Waals surface area (Å²) in [5, 5.41) is 38.9. The second-order valence-electron chi connectivity index (χ2n) is 23.1. The molecule has 2 aromatic carbocycles. The standard InChI is InChI=1S/C61H92N16O13/c1-4-5-17-44(59(87)77-28-13-20-50(77)58(86)74-47(60(88)89)30-38-21-23-41(24-22-38)90-35-39-14-7-6-8-15-39)71-57(85)49-19-12-27-76(49)51(79)33-68-53(81)43(18-9-10-25-62)70-55(83)46(31-40-32-66-36-69-40)73-56(84)48(34-78)75-54(82)45(29-37(2)3)72-52(80)42(63)16-11-26-67-61(64)65/h6-8,14-15,21-24,32,36-37,42-50,78H,4-5,9-13,16-20,25-31,33-35,62-63H2,1-3H3,(H,66,69)(H,68,81)(H,70,83)(H,71,85)(H,72,80)(H,73,84)(H,74,86)(H,75,82)(H,88,89)(H4,64,65,67)/t42-,43-,44-,45-,46-,47-,48-,49-,50-/m0/s1. The number of imidazole rings is 1. The molecule has 0 bridgehead atoms. The summed E-state index contributed by atoms with van der Waals surface area (Å²) < 4.78 is 5.86. The van der Waals surface area contributed by atoms with Crippen LogP contribution < -0.4 is 64.9 Å². The van der Waals surface area contributed by atoms with Gasteiger partial charge in [-0.2, -0.15) is 0 Å². The van der Waals surface area contributed by atoms with Gasteiger partial charge in [0.05, 0.1) is 25.5 Å². The molecule has 0 radical (unpaired) electrons. The number of carboxylic acid groups (broad SMARTS) is 1. The van der Waals surface area contributed by atoms with Crippen LogP contribution in [0.4, 0.5) is 0 Å². The Morgan fingerprint density at radius 3 is 1.92 bits per heavy atom. The maximum absolute atomic E-state index is 14.4. The number of unbranched alkanes of at least 4 members (excludes halogenated alkanes) is 2. The van der Waals surface area contributed by atoms with Crippen LogP contribution in [-0.2, 0) is 67.4 Å². The number of aliphatic hydroxyl groups is 1. The lowest BCUT2D eigenvalue weighted by molar-refractivity contribution is -0.145. The number of aliphatic carboxylic acids is 1. The Morgan fingerprint density at radius 1 is 0.689 bits per heavy atom. The number of H-pyrrole nitrogens is 1. The Morgan fingerprint density at radius 2 is 1.30 bits per heavy atom. The molecule has 0 spiro atoms. The summed E-state index contributed by atoms with van der Waals surface area (Å²) >= 11 is 0. The second kappa shape index (κ2) is 37.3. The van der Waals surface area contributed by atoms with Gasteiger partial charge in [-0.25, -0.2) is 9.78 Å². The van der Waals surface area contributed by atoms with E-state index < -0.39 is 127 Å². The predicted molar refractivity (Wildman–Crippen MR) is 332 cm³/mol. The van der Waals surface area contributed by atoms with Crippen LogP contribution in [0.3, 0.4) is 0 Å². The summed E-state index contributed by atoms with van der Waals surface area (Å²) in [4.78, 5) is 151. The number of aliphatic imine (C=N–C) groups is 1. The molecule has 1 aromatic heterocycles. The van der Waals surface area contributed by atoms with Crippen molar-refractivity contribution in [3.63, 3.8) is 0 Å². The van der Waals surface area contributed by atoms with E-state index in [-0.39, 0.29) is 89.4 Å². The Balaban J connectivity index is 1.20. The van der Waals surface area contributed by atoms with Crippen LogP contribution in [-0.4, -0.2) is 189 Å². The van der Waals surface area contributed by atoms with Gasteiger partial charge >= 0.3 is 5.97 Å². The Hall–Kier alpha value is -8.70. The first kappa shape index (κ1) is 72.0. The maximum atomic E-state index is 14.4. The highest BCUT2D eigenvalue weighted by atomic mass is 16.5. The number of nitrogens with zero attached hydrogens (tertiary/aromatic N) is 4. The molecule has 0 saturated carbocycles. The van der Waals surface area contributed by atoms with Crippen LogP contribution in [0.5, 0.6) is 5.75 Å². The molecule has 2 aliphatic rings. The average molecular weight is 1260 g/mol. The monoisotopic (exact) mass is 1260 g/mol. The number of nitrogens with two attached hydrogens (primary N) is 4. The van der Waals surface area contributed by atoms with Crippen LogP contribution in [0.25, 0.3) is 0 Å². The first-order valence-corrected chi connectivity index (χ1v) is 30.9. The predicted octanol–water partition coefficient (Wildman–Crippen LogP) is -1.40. The van der Waals surface area contributed by atoms with Crippen molar-refractivity contribution in [1.29, 1.82) is 0 Å². The van der Waals surface area contributed by atoms with Gasteiger partial charge in [0, 0.05) is 44.4 Å².